The van der Waals surface area contributed by atoms with Crippen LogP contribution >= 0.6 is 0 Å². The van der Waals surface area contributed by atoms with Crippen LogP contribution in [0.1, 0.15) is 44.6 Å². The van der Waals surface area contributed by atoms with Crippen molar-refractivity contribution >= 4 is 10.0 Å². The molecule has 0 amide bonds. The van der Waals surface area contributed by atoms with Gasteiger partial charge in [0, 0.05) is 20.6 Å². The van der Waals surface area contributed by atoms with Gasteiger partial charge in [-0.3, -0.25) is 4.90 Å². The van der Waals surface area contributed by atoms with Gasteiger partial charge in [-0.2, -0.15) is 0 Å². The van der Waals surface area contributed by atoms with E-state index in [0.717, 1.165) is 31.1 Å². The highest BCUT2D eigenvalue weighted by atomic mass is 32.2. The van der Waals surface area contributed by atoms with Crippen LogP contribution in [-0.2, 0) is 16.6 Å². The van der Waals surface area contributed by atoms with E-state index in [9.17, 15) is 8.42 Å². The van der Waals surface area contributed by atoms with Crippen molar-refractivity contribution in [2.75, 3.05) is 27.2 Å². The third-order valence-electron chi connectivity index (χ3n) is 4.72. The predicted molar refractivity (Wildman–Crippen MR) is 94.8 cm³/mol. The van der Waals surface area contributed by atoms with Crippen LogP contribution in [0, 0.1) is 5.92 Å². The molecular weight excluding hydrogens is 308 g/mol. The summed E-state index contributed by atoms with van der Waals surface area (Å²) in [6.07, 6.45) is 6.46. The summed E-state index contributed by atoms with van der Waals surface area (Å²) < 4.78 is 25.8. The molecule has 23 heavy (non-hydrogen) atoms. The Bertz CT molecular complexity index is 599. The molecule has 0 saturated carbocycles. The summed E-state index contributed by atoms with van der Waals surface area (Å²) in [5.41, 5.74) is 1.09. The van der Waals surface area contributed by atoms with Gasteiger partial charge in [0.25, 0.3) is 0 Å². The first kappa shape index (κ1) is 18.4. The van der Waals surface area contributed by atoms with E-state index in [0.29, 0.717) is 4.90 Å². The fourth-order valence-electron chi connectivity index (χ4n) is 3.35. The second kappa shape index (κ2) is 8.27. The molecule has 0 bridgehead atoms. The van der Waals surface area contributed by atoms with E-state index in [1.54, 1.807) is 20.2 Å². The molecule has 0 aromatic heterocycles. The largest absolute Gasteiger partial charge is 0.299 e. The average molecular weight is 339 g/mol. The average Bonchev–Trinajstić information content (AvgIpc) is 2.73. The molecule has 0 aliphatic carbocycles. The number of benzene rings is 1. The Labute approximate surface area is 141 Å². The van der Waals surface area contributed by atoms with Crippen molar-refractivity contribution in [1.82, 2.24) is 9.21 Å². The van der Waals surface area contributed by atoms with E-state index < -0.39 is 10.0 Å². The molecule has 1 atom stereocenters. The minimum atomic E-state index is -3.35. The summed E-state index contributed by atoms with van der Waals surface area (Å²) in [5, 5.41) is 0. The fraction of sp³-hybridized carbons (Fsp3) is 0.667. The lowest BCUT2D eigenvalue weighted by atomic mass is 9.96. The molecule has 0 radical (unpaired) electrons. The highest BCUT2D eigenvalue weighted by molar-refractivity contribution is 7.89. The van der Waals surface area contributed by atoms with Crippen molar-refractivity contribution in [1.29, 1.82) is 0 Å². The Morgan fingerprint density at radius 1 is 1.22 bits per heavy atom. The van der Waals surface area contributed by atoms with Crippen molar-refractivity contribution < 1.29 is 8.42 Å². The highest BCUT2D eigenvalue weighted by Gasteiger charge is 2.19. The molecule has 130 valence electrons. The summed E-state index contributed by atoms with van der Waals surface area (Å²) in [5.74, 6) is 0.866. The first-order valence-corrected chi connectivity index (χ1v) is 10.1. The van der Waals surface area contributed by atoms with E-state index >= 15 is 0 Å². The summed E-state index contributed by atoms with van der Waals surface area (Å²) in [4.78, 5) is 2.86. The van der Waals surface area contributed by atoms with Gasteiger partial charge in [0.15, 0.2) is 0 Å². The van der Waals surface area contributed by atoms with Gasteiger partial charge in [-0.25, -0.2) is 12.7 Å². The van der Waals surface area contributed by atoms with Crippen LogP contribution < -0.4 is 0 Å². The molecule has 1 fully saturated rings. The summed E-state index contributed by atoms with van der Waals surface area (Å²) in [6, 6.07) is 7.38. The monoisotopic (exact) mass is 338 g/mol. The Balaban J connectivity index is 2.03. The minimum absolute atomic E-state index is 0.388. The highest BCUT2D eigenvalue weighted by Crippen LogP contribution is 2.23. The van der Waals surface area contributed by atoms with E-state index in [2.05, 4.69) is 11.8 Å². The number of nitrogens with zero attached hydrogens (tertiary/aromatic N) is 2. The van der Waals surface area contributed by atoms with Gasteiger partial charge in [0.2, 0.25) is 10.0 Å². The molecule has 1 aliphatic heterocycles. The standard InChI is InChI=1S/C18H30N2O2S/c1-4-7-16-9-6-12-20(13-11-16)15-17-8-5-10-18(14-17)23(21,22)19(2)3/h5,8,10,14,16H,4,6-7,9,11-13,15H2,1-3H3. The van der Waals surface area contributed by atoms with Crippen molar-refractivity contribution in [3.8, 4) is 0 Å². The van der Waals surface area contributed by atoms with Gasteiger partial charge in [0.05, 0.1) is 4.90 Å². The van der Waals surface area contributed by atoms with E-state index in [4.69, 9.17) is 0 Å². The van der Waals surface area contributed by atoms with Crippen LogP contribution in [0.5, 0.6) is 0 Å². The maximum absolute atomic E-state index is 12.3. The first-order chi connectivity index (χ1) is 10.9. The molecule has 1 unspecified atom stereocenters. The molecule has 1 aliphatic rings. The zero-order valence-electron chi connectivity index (χ0n) is 14.7. The Morgan fingerprint density at radius 2 is 2.00 bits per heavy atom. The van der Waals surface area contributed by atoms with Crippen LogP contribution in [0.2, 0.25) is 0 Å². The number of likely N-dealkylation sites (tertiary alicyclic amines) is 1. The smallest absolute Gasteiger partial charge is 0.242 e. The predicted octanol–water partition coefficient (Wildman–Crippen LogP) is 3.34. The fourth-order valence-corrected chi connectivity index (χ4v) is 4.33. The van der Waals surface area contributed by atoms with E-state index in [1.807, 2.05) is 18.2 Å². The van der Waals surface area contributed by atoms with Crippen LogP contribution in [0.4, 0.5) is 0 Å². The zero-order chi connectivity index (χ0) is 16.9. The molecular formula is C18H30N2O2S. The molecule has 1 aromatic carbocycles. The summed E-state index contributed by atoms with van der Waals surface area (Å²) in [7, 11) is -0.201. The van der Waals surface area contributed by atoms with Gasteiger partial charge in [0.1, 0.15) is 0 Å². The van der Waals surface area contributed by atoms with Gasteiger partial charge in [-0.1, -0.05) is 31.9 Å². The number of hydrogen-bond donors (Lipinski definition) is 0. The van der Waals surface area contributed by atoms with Crippen molar-refractivity contribution in [3.63, 3.8) is 0 Å². The minimum Gasteiger partial charge on any atom is -0.299 e. The van der Waals surface area contributed by atoms with E-state index in [1.165, 1.54) is 36.4 Å². The topological polar surface area (TPSA) is 40.6 Å². The molecule has 1 saturated heterocycles. The number of hydrogen-bond acceptors (Lipinski definition) is 3. The number of rotatable bonds is 6. The lowest BCUT2D eigenvalue weighted by Crippen LogP contribution is -2.25. The second-order valence-electron chi connectivity index (χ2n) is 6.80. The molecule has 4 nitrogen and oxygen atoms in total. The third-order valence-corrected chi connectivity index (χ3v) is 6.53. The van der Waals surface area contributed by atoms with Gasteiger partial charge in [-0.05, 0) is 56.0 Å². The van der Waals surface area contributed by atoms with Crippen LogP contribution in [0.25, 0.3) is 0 Å². The van der Waals surface area contributed by atoms with Gasteiger partial charge >= 0.3 is 0 Å². The second-order valence-corrected chi connectivity index (χ2v) is 8.95. The molecule has 5 heteroatoms. The summed E-state index contributed by atoms with van der Waals surface area (Å²) in [6.45, 7) is 5.34. The number of sulfonamides is 1. The molecule has 1 heterocycles. The first-order valence-electron chi connectivity index (χ1n) is 8.67. The maximum atomic E-state index is 12.3. The van der Waals surface area contributed by atoms with Crippen molar-refractivity contribution in [2.45, 2.75) is 50.5 Å². The quantitative estimate of drug-likeness (QED) is 0.799. The molecule has 2 rings (SSSR count). The summed E-state index contributed by atoms with van der Waals surface area (Å²) >= 11 is 0. The Kier molecular flexibility index (Phi) is 6.62. The van der Waals surface area contributed by atoms with Crippen molar-refractivity contribution in [3.05, 3.63) is 29.8 Å². The van der Waals surface area contributed by atoms with Crippen molar-refractivity contribution in [2.24, 2.45) is 5.92 Å². The maximum Gasteiger partial charge on any atom is 0.242 e. The van der Waals surface area contributed by atoms with Gasteiger partial charge < -0.3 is 0 Å². The Hall–Kier alpha value is -0.910. The van der Waals surface area contributed by atoms with Gasteiger partial charge in [-0.15, -0.1) is 0 Å². The molecule has 0 spiro atoms. The SMILES string of the molecule is CCCC1CCCN(Cc2cccc(S(=O)(=O)N(C)C)c2)CC1. The molecule has 0 N–H and O–H groups in total. The van der Waals surface area contributed by atoms with E-state index in [-0.39, 0.29) is 0 Å². The normalized spacial score (nSPS) is 20.6. The zero-order valence-corrected chi connectivity index (χ0v) is 15.5. The Morgan fingerprint density at radius 3 is 2.70 bits per heavy atom. The van der Waals surface area contributed by atoms with Crippen LogP contribution in [0.3, 0.4) is 0 Å². The lowest BCUT2D eigenvalue weighted by molar-refractivity contribution is 0.271. The third kappa shape index (κ3) is 5.03. The molecule has 1 aromatic rings. The van der Waals surface area contributed by atoms with Crippen LogP contribution in [-0.4, -0.2) is 44.8 Å². The lowest BCUT2D eigenvalue weighted by Gasteiger charge is -2.21. The van der Waals surface area contributed by atoms with Crippen LogP contribution in [0.15, 0.2) is 29.2 Å².